The standard InChI is InChI=1S/C11H13NOS/c1-3-13-11-10(12)9-7(2)5-4-6-8(9)14-11/h4-6H,3,12H2,1-2H3. The van der Waals surface area contributed by atoms with Gasteiger partial charge in [0.25, 0.3) is 0 Å². The molecule has 0 amide bonds. The zero-order valence-electron chi connectivity index (χ0n) is 8.33. The minimum absolute atomic E-state index is 0.663. The van der Waals surface area contributed by atoms with Crippen LogP contribution in [-0.4, -0.2) is 6.61 Å². The molecule has 1 heterocycles. The minimum Gasteiger partial charge on any atom is -0.483 e. The average Bonchev–Trinajstić information content (AvgIpc) is 2.46. The summed E-state index contributed by atoms with van der Waals surface area (Å²) in [6, 6.07) is 6.19. The Balaban J connectivity index is 2.68. The second kappa shape index (κ2) is 3.50. The van der Waals surface area contributed by atoms with Gasteiger partial charge >= 0.3 is 0 Å². The molecule has 0 fully saturated rings. The van der Waals surface area contributed by atoms with Crippen molar-refractivity contribution in [1.82, 2.24) is 0 Å². The fraction of sp³-hybridized carbons (Fsp3) is 0.273. The quantitative estimate of drug-likeness (QED) is 0.820. The van der Waals surface area contributed by atoms with E-state index in [1.807, 2.05) is 13.0 Å². The topological polar surface area (TPSA) is 35.2 Å². The first-order chi connectivity index (χ1) is 6.74. The molecule has 0 radical (unpaired) electrons. The Hall–Kier alpha value is -1.22. The molecule has 2 N–H and O–H groups in total. The van der Waals surface area contributed by atoms with E-state index in [0.717, 1.165) is 16.1 Å². The SMILES string of the molecule is CCOc1sc2cccc(C)c2c1N. The highest BCUT2D eigenvalue weighted by Crippen LogP contribution is 2.41. The van der Waals surface area contributed by atoms with Crippen LogP contribution in [0.2, 0.25) is 0 Å². The Morgan fingerprint density at radius 3 is 2.86 bits per heavy atom. The fourth-order valence-corrected chi connectivity index (χ4v) is 2.67. The first-order valence-electron chi connectivity index (χ1n) is 4.64. The van der Waals surface area contributed by atoms with Crippen LogP contribution in [0.1, 0.15) is 12.5 Å². The van der Waals surface area contributed by atoms with E-state index < -0.39 is 0 Å². The van der Waals surface area contributed by atoms with Gasteiger partial charge in [-0.3, -0.25) is 0 Å². The maximum Gasteiger partial charge on any atom is 0.198 e. The lowest BCUT2D eigenvalue weighted by molar-refractivity contribution is 0.352. The van der Waals surface area contributed by atoms with Crippen molar-refractivity contribution in [3.63, 3.8) is 0 Å². The van der Waals surface area contributed by atoms with Crippen LogP contribution in [0.5, 0.6) is 5.06 Å². The number of nitrogen functional groups attached to an aromatic ring is 1. The number of benzene rings is 1. The molecule has 74 valence electrons. The molecule has 3 heteroatoms. The number of hydrogen-bond acceptors (Lipinski definition) is 3. The summed E-state index contributed by atoms with van der Waals surface area (Å²) in [5.41, 5.74) is 8.00. The Bertz CT molecular complexity index is 462. The van der Waals surface area contributed by atoms with E-state index in [4.69, 9.17) is 10.5 Å². The Kier molecular flexibility index (Phi) is 2.33. The normalized spacial score (nSPS) is 10.7. The highest BCUT2D eigenvalue weighted by atomic mass is 32.1. The number of hydrogen-bond donors (Lipinski definition) is 1. The molecule has 0 atom stereocenters. The third-order valence-corrected chi connectivity index (χ3v) is 3.29. The largest absolute Gasteiger partial charge is 0.483 e. The van der Waals surface area contributed by atoms with E-state index in [0.29, 0.717) is 6.61 Å². The molecule has 0 unspecified atom stereocenters. The number of ether oxygens (including phenoxy) is 1. The van der Waals surface area contributed by atoms with Crippen molar-refractivity contribution in [3.8, 4) is 5.06 Å². The maximum absolute atomic E-state index is 6.01. The summed E-state index contributed by atoms with van der Waals surface area (Å²) >= 11 is 1.62. The molecule has 0 aliphatic carbocycles. The van der Waals surface area contributed by atoms with Gasteiger partial charge in [0.2, 0.25) is 0 Å². The Morgan fingerprint density at radius 1 is 1.43 bits per heavy atom. The van der Waals surface area contributed by atoms with Crippen LogP contribution in [0.15, 0.2) is 18.2 Å². The number of aryl methyl sites for hydroxylation is 1. The van der Waals surface area contributed by atoms with Crippen LogP contribution >= 0.6 is 11.3 Å². The highest BCUT2D eigenvalue weighted by molar-refractivity contribution is 7.21. The van der Waals surface area contributed by atoms with E-state index in [9.17, 15) is 0 Å². The van der Waals surface area contributed by atoms with Crippen molar-refractivity contribution in [2.45, 2.75) is 13.8 Å². The molecular weight excluding hydrogens is 194 g/mol. The van der Waals surface area contributed by atoms with E-state index >= 15 is 0 Å². The van der Waals surface area contributed by atoms with Crippen LogP contribution in [0.4, 0.5) is 5.69 Å². The number of rotatable bonds is 2. The number of fused-ring (bicyclic) bond motifs is 1. The summed E-state index contributed by atoms with van der Waals surface area (Å²) < 4.78 is 6.67. The molecule has 1 aromatic heterocycles. The van der Waals surface area contributed by atoms with Crippen LogP contribution in [0.25, 0.3) is 10.1 Å². The van der Waals surface area contributed by atoms with Gasteiger partial charge < -0.3 is 10.5 Å². The molecular formula is C11H13NOS. The van der Waals surface area contributed by atoms with Crippen molar-refractivity contribution in [2.24, 2.45) is 0 Å². The molecule has 0 saturated carbocycles. The molecule has 1 aromatic carbocycles. The number of thiophene rings is 1. The van der Waals surface area contributed by atoms with Gasteiger partial charge in [-0.25, -0.2) is 0 Å². The lowest BCUT2D eigenvalue weighted by Gasteiger charge is -2.00. The third kappa shape index (κ3) is 1.34. The molecule has 0 aliphatic rings. The van der Waals surface area contributed by atoms with Crippen molar-refractivity contribution < 1.29 is 4.74 Å². The van der Waals surface area contributed by atoms with Gasteiger partial charge in [0.15, 0.2) is 5.06 Å². The zero-order valence-corrected chi connectivity index (χ0v) is 9.15. The van der Waals surface area contributed by atoms with E-state index in [2.05, 4.69) is 19.1 Å². The summed E-state index contributed by atoms with van der Waals surface area (Å²) in [5.74, 6) is 0. The number of anilines is 1. The van der Waals surface area contributed by atoms with Crippen molar-refractivity contribution >= 4 is 27.1 Å². The van der Waals surface area contributed by atoms with Crippen LogP contribution in [0.3, 0.4) is 0 Å². The number of nitrogens with two attached hydrogens (primary N) is 1. The molecule has 14 heavy (non-hydrogen) atoms. The first kappa shape index (κ1) is 9.34. The average molecular weight is 207 g/mol. The Morgan fingerprint density at radius 2 is 2.21 bits per heavy atom. The minimum atomic E-state index is 0.663. The molecule has 2 nitrogen and oxygen atoms in total. The van der Waals surface area contributed by atoms with Crippen molar-refractivity contribution in [1.29, 1.82) is 0 Å². The molecule has 0 bridgehead atoms. The van der Waals surface area contributed by atoms with Gasteiger partial charge in [-0.2, -0.15) is 0 Å². The molecule has 2 rings (SSSR count). The fourth-order valence-electron chi connectivity index (χ4n) is 1.57. The molecule has 0 aliphatic heterocycles. The molecule has 0 spiro atoms. The van der Waals surface area contributed by atoms with Gasteiger partial charge in [-0.15, -0.1) is 0 Å². The summed E-state index contributed by atoms with van der Waals surface area (Å²) in [6.45, 7) is 4.70. The predicted molar refractivity (Wildman–Crippen MR) is 62.1 cm³/mol. The van der Waals surface area contributed by atoms with Crippen LogP contribution in [-0.2, 0) is 0 Å². The van der Waals surface area contributed by atoms with Crippen LogP contribution < -0.4 is 10.5 Å². The molecule has 2 aromatic rings. The van der Waals surface area contributed by atoms with Crippen molar-refractivity contribution in [3.05, 3.63) is 23.8 Å². The van der Waals surface area contributed by atoms with Crippen molar-refractivity contribution in [2.75, 3.05) is 12.3 Å². The van der Waals surface area contributed by atoms with E-state index in [-0.39, 0.29) is 0 Å². The summed E-state index contributed by atoms with van der Waals surface area (Å²) in [5, 5.41) is 1.98. The monoisotopic (exact) mass is 207 g/mol. The smallest absolute Gasteiger partial charge is 0.198 e. The highest BCUT2D eigenvalue weighted by Gasteiger charge is 2.11. The third-order valence-electron chi connectivity index (χ3n) is 2.20. The summed E-state index contributed by atoms with van der Waals surface area (Å²) in [7, 11) is 0. The molecule has 0 saturated heterocycles. The maximum atomic E-state index is 6.01. The van der Waals surface area contributed by atoms with E-state index in [1.165, 1.54) is 10.3 Å². The zero-order chi connectivity index (χ0) is 10.1. The first-order valence-corrected chi connectivity index (χ1v) is 5.46. The second-order valence-corrected chi connectivity index (χ2v) is 4.20. The summed E-state index contributed by atoms with van der Waals surface area (Å²) in [4.78, 5) is 0. The Labute approximate surface area is 87.3 Å². The van der Waals surface area contributed by atoms with Gasteiger partial charge in [0.05, 0.1) is 12.3 Å². The van der Waals surface area contributed by atoms with E-state index in [1.54, 1.807) is 11.3 Å². The van der Waals surface area contributed by atoms with Gasteiger partial charge in [-0.1, -0.05) is 23.5 Å². The van der Waals surface area contributed by atoms with Gasteiger partial charge in [0.1, 0.15) is 0 Å². The lowest BCUT2D eigenvalue weighted by atomic mass is 10.1. The van der Waals surface area contributed by atoms with Crippen LogP contribution in [0, 0.1) is 6.92 Å². The van der Waals surface area contributed by atoms with Gasteiger partial charge in [0, 0.05) is 10.1 Å². The second-order valence-electron chi connectivity index (χ2n) is 3.18. The van der Waals surface area contributed by atoms with Gasteiger partial charge in [-0.05, 0) is 25.5 Å². The lowest BCUT2D eigenvalue weighted by Crippen LogP contribution is -1.93. The summed E-state index contributed by atoms with van der Waals surface area (Å²) in [6.07, 6.45) is 0. The predicted octanol–water partition coefficient (Wildman–Crippen LogP) is 3.19.